The summed E-state index contributed by atoms with van der Waals surface area (Å²) in [4.78, 5) is 4.29. The van der Waals surface area contributed by atoms with Gasteiger partial charge in [0.2, 0.25) is 0 Å². The number of aliphatic hydroxyl groups is 1. The van der Waals surface area contributed by atoms with Gasteiger partial charge in [0.1, 0.15) is 0 Å². The van der Waals surface area contributed by atoms with Crippen molar-refractivity contribution >= 4 is 0 Å². The highest BCUT2D eigenvalue weighted by Crippen LogP contribution is 2.18. The molecule has 0 amide bonds. The second kappa shape index (κ2) is 5.70. The fourth-order valence-corrected chi connectivity index (χ4v) is 1.38. The third-order valence-electron chi connectivity index (χ3n) is 2.24. The summed E-state index contributed by atoms with van der Waals surface area (Å²) in [6.07, 6.45) is 4.92. The maximum Gasteiger partial charge on any atom is 0.0431 e. The van der Waals surface area contributed by atoms with E-state index < -0.39 is 0 Å². The summed E-state index contributed by atoms with van der Waals surface area (Å²) in [5.74, 6) is 0.507. The predicted molar refractivity (Wildman–Crippen MR) is 53.6 cm³/mol. The van der Waals surface area contributed by atoms with E-state index in [0.29, 0.717) is 12.5 Å². The number of nitrogens with zero attached hydrogens (tertiary/aromatic N) is 1. The largest absolute Gasteiger partial charge is 0.396 e. The van der Waals surface area contributed by atoms with Crippen molar-refractivity contribution in [3.8, 4) is 0 Å². The van der Waals surface area contributed by atoms with E-state index in [1.54, 1.807) is 0 Å². The van der Waals surface area contributed by atoms with Gasteiger partial charge in [0.25, 0.3) is 0 Å². The van der Waals surface area contributed by atoms with Crippen LogP contribution in [0.3, 0.4) is 0 Å². The Morgan fingerprint density at radius 1 is 1.38 bits per heavy atom. The van der Waals surface area contributed by atoms with Gasteiger partial charge in [-0.25, -0.2) is 0 Å². The molecular formula is C11H17NO. The van der Waals surface area contributed by atoms with Crippen LogP contribution in [0.25, 0.3) is 0 Å². The van der Waals surface area contributed by atoms with E-state index in [1.165, 1.54) is 0 Å². The quantitative estimate of drug-likeness (QED) is 0.704. The average Bonchev–Trinajstić information content (AvgIpc) is 2.19. The number of aromatic nitrogens is 1. The fourth-order valence-electron chi connectivity index (χ4n) is 1.38. The van der Waals surface area contributed by atoms with Crippen molar-refractivity contribution in [3.63, 3.8) is 0 Å². The molecule has 0 aromatic carbocycles. The van der Waals surface area contributed by atoms with Gasteiger partial charge >= 0.3 is 0 Å². The molecule has 1 aromatic heterocycles. The first-order valence-electron chi connectivity index (χ1n) is 4.86. The molecule has 13 heavy (non-hydrogen) atoms. The van der Waals surface area contributed by atoms with E-state index in [0.717, 1.165) is 25.0 Å². The Kier molecular flexibility index (Phi) is 4.47. The van der Waals surface area contributed by atoms with Crippen molar-refractivity contribution < 1.29 is 5.11 Å². The van der Waals surface area contributed by atoms with Crippen LogP contribution in [0.4, 0.5) is 0 Å². The van der Waals surface area contributed by atoms with E-state index in [1.807, 2.05) is 18.3 Å². The maximum atomic E-state index is 8.63. The van der Waals surface area contributed by atoms with Gasteiger partial charge in [0.15, 0.2) is 0 Å². The highest BCUT2D eigenvalue weighted by molar-refractivity contribution is 5.07. The Hall–Kier alpha value is -0.890. The SMILES string of the molecule is CC(CCCCO)c1ccccn1. The topological polar surface area (TPSA) is 33.1 Å². The molecule has 0 bridgehead atoms. The van der Waals surface area contributed by atoms with Crippen LogP contribution in [-0.4, -0.2) is 16.7 Å². The third kappa shape index (κ3) is 3.55. The molecule has 1 aromatic rings. The minimum atomic E-state index is 0.301. The molecule has 2 nitrogen and oxygen atoms in total. The van der Waals surface area contributed by atoms with Crippen molar-refractivity contribution in [2.75, 3.05) is 6.61 Å². The molecular weight excluding hydrogens is 162 g/mol. The van der Waals surface area contributed by atoms with Crippen LogP contribution in [0.1, 0.15) is 37.8 Å². The van der Waals surface area contributed by atoms with Crippen molar-refractivity contribution in [2.24, 2.45) is 0 Å². The van der Waals surface area contributed by atoms with Gasteiger partial charge in [-0.05, 0) is 30.9 Å². The summed E-state index contributed by atoms with van der Waals surface area (Å²) in [5.41, 5.74) is 1.15. The minimum Gasteiger partial charge on any atom is -0.396 e. The van der Waals surface area contributed by atoms with Crippen LogP contribution in [0.5, 0.6) is 0 Å². The van der Waals surface area contributed by atoms with E-state index in [4.69, 9.17) is 5.11 Å². The number of pyridine rings is 1. The molecule has 1 atom stereocenters. The first kappa shape index (κ1) is 10.2. The lowest BCUT2D eigenvalue weighted by molar-refractivity contribution is 0.281. The highest BCUT2D eigenvalue weighted by atomic mass is 16.2. The molecule has 0 aliphatic carbocycles. The van der Waals surface area contributed by atoms with Gasteiger partial charge in [-0.3, -0.25) is 4.98 Å². The first-order valence-corrected chi connectivity index (χ1v) is 4.86. The lowest BCUT2D eigenvalue weighted by Gasteiger charge is -2.09. The number of unbranched alkanes of at least 4 members (excludes halogenated alkanes) is 1. The van der Waals surface area contributed by atoms with Gasteiger partial charge in [0, 0.05) is 18.5 Å². The minimum absolute atomic E-state index is 0.301. The maximum absolute atomic E-state index is 8.63. The molecule has 0 aliphatic rings. The van der Waals surface area contributed by atoms with Gasteiger partial charge in [-0.1, -0.05) is 19.4 Å². The fraction of sp³-hybridized carbons (Fsp3) is 0.545. The Morgan fingerprint density at radius 2 is 2.23 bits per heavy atom. The van der Waals surface area contributed by atoms with Gasteiger partial charge in [-0.2, -0.15) is 0 Å². The number of hydrogen-bond donors (Lipinski definition) is 1. The number of aliphatic hydroxyl groups excluding tert-OH is 1. The predicted octanol–water partition coefficient (Wildman–Crippen LogP) is 2.35. The Labute approximate surface area is 79.6 Å². The number of hydrogen-bond acceptors (Lipinski definition) is 2. The Morgan fingerprint density at radius 3 is 2.85 bits per heavy atom. The zero-order valence-corrected chi connectivity index (χ0v) is 8.11. The van der Waals surface area contributed by atoms with Crippen LogP contribution in [-0.2, 0) is 0 Å². The molecule has 0 radical (unpaired) electrons. The van der Waals surface area contributed by atoms with E-state index in [-0.39, 0.29) is 0 Å². The van der Waals surface area contributed by atoms with Crippen LogP contribution in [0.15, 0.2) is 24.4 Å². The summed E-state index contributed by atoms with van der Waals surface area (Å²) in [5, 5.41) is 8.63. The highest BCUT2D eigenvalue weighted by Gasteiger charge is 2.04. The molecule has 1 unspecified atom stereocenters. The van der Waals surface area contributed by atoms with Crippen molar-refractivity contribution in [1.82, 2.24) is 4.98 Å². The second-order valence-electron chi connectivity index (χ2n) is 3.38. The van der Waals surface area contributed by atoms with Crippen LogP contribution >= 0.6 is 0 Å². The smallest absolute Gasteiger partial charge is 0.0431 e. The summed E-state index contributed by atoms with van der Waals surface area (Å²) >= 11 is 0. The van der Waals surface area contributed by atoms with Gasteiger partial charge in [0.05, 0.1) is 0 Å². The molecule has 1 rings (SSSR count). The molecule has 0 saturated heterocycles. The van der Waals surface area contributed by atoms with Gasteiger partial charge < -0.3 is 5.11 Å². The molecule has 2 heteroatoms. The molecule has 0 spiro atoms. The molecule has 72 valence electrons. The molecule has 1 N–H and O–H groups in total. The van der Waals surface area contributed by atoms with Crippen LogP contribution in [0.2, 0.25) is 0 Å². The van der Waals surface area contributed by atoms with E-state index >= 15 is 0 Å². The van der Waals surface area contributed by atoms with Crippen molar-refractivity contribution in [1.29, 1.82) is 0 Å². The lowest BCUT2D eigenvalue weighted by Crippen LogP contribution is -1.96. The van der Waals surface area contributed by atoms with Crippen molar-refractivity contribution in [2.45, 2.75) is 32.1 Å². The van der Waals surface area contributed by atoms with Crippen LogP contribution in [0, 0.1) is 0 Å². The monoisotopic (exact) mass is 179 g/mol. The molecule has 0 fully saturated rings. The average molecular weight is 179 g/mol. The zero-order chi connectivity index (χ0) is 9.52. The van der Waals surface area contributed by atoms with E-state index in [2.05, 4.69) is 18.0 Å². The first-order chi connectivity index (χ1) is 6.34. The summed E-state index contributed by atoms with van der Waals surface area (Å²) in [7, 11) is 0. The third-order valence-corrected chi connectivity index (χ3v) is 2.24. The standard InChI is InChI=1S/C11H17NO/c1-10(6-3-5-9-13)11-7-2-4-8-12-11/h2,4,7-8,10,13H,3,5-6,9H2,1H3. The number of rotatable bonds is 5. The van der Waals surface area contributed by atoms with Crippen LogP contribution < -0.4 is 0 Å². The van der Waals surface area contributed by atoms with Crippen molar-refractivity contribution in [3.05, 3.63) is 30.1 Å². The van der Waals surface area contributed by atoms with Gasteiger partial charge in [-0.15, -0.1) is 0 Å². The second-order valence-corrected chi connectivity index (χ2v) is 3.38. The molecule has 0 saturated carbocycles. The Balaban J connectivity index is 2.35. The summed E-state index contributed by atoms with van der Waals surface area (Å²) < 4.78 is 0. The normalized spacial score (nSPS) is 12.8. The molecule has 1 heterocycles. The van der Waals surface area contributed by atoms with E-state index in [9.17, 15) is 0 Å². The zero-order valence-electron chi connectivity index (χ0n) is 8.11. The summed E-state index contributed by atoms with van der Waals surface area (Å²) in [6.45, 7) is 2.48. The summed E-state index contributed by atoms with van der Waals surface area (Å²) in [6, 6.07) is 6.01. The lowest BCUT2D eigenvalue weighted by atomic mass is 10.0. The Bertz CT molecular complexity index is 223. The molecule has 0 aliphatic heterocycles.